The molecule has 0 N–H and O–H groups in total. The van der Waals surface area contributed by atoms with Crippen LogP contribution in [-0.2, 0) is 0 Å². The van der Waals surface area contributed by atoms with Gasteiger partial charge in [0.05, 0.1) is 0 Å². The van der Waals surface area contributed by atoms with Crippen LogP contribution in [0.2, 0.25) is 0 Å². The second kappa shape index (κ2) is 20.5. The van der Waals surface area contributed by atoms with Crippen molar-refractivity contribution in [1.29, 1.82) is 0 Å². The van der Waals surface area contributed by atoms with E-state index in [4.69, 9.17) is 0 Å². The van der Waals surface area contributed by atoms with E-state index in [1.807, 2.05) is 0 Å². The van der Waals surface area contributed by atoms with E-state index in [1.165, 1.54) is 57.4 Å². The lowest BCUT2D eigenvalue weighted by Gasteiger charge is -2.43. The van der Waals surface area contributed by atoms with E-state index in [0.29, 0.717) is 23.7 Å². The minimum Gasteiger partial charge on any atom is -0.0856 e. The van der Waals surface area contributed by atoms with E-state index in [0.717, 1.165) is 12.8 Å². The van der Waals surface area contributed by atoms with Crippen molar-refractivity contribution in [2.45, 2.75) is 123 Å². The van der Waals surface area contributed by atoms with Crippen molar-refractivity contribution < 1.29 is 0 Å². The molecular weight excluding hydrogens is 601 g/mol. The Hall–Kier alpha value is -3.38. The smallest absolute Gasteiger partial charge is 0.00313 e. The molecule has 50 heavy (non-hydrogen) atoms. The van der Waals surface area contributed by atoms with E-state index in [9.17, 15) is 0 Å². The molecule has 0 aromatic carbocycles. The maximum Gasteiger partial charge on any atom is 0.00313 e. The van der Waals surface area contributed by atoms with Gasteiger partial charge in [-0.2, -0.15) is 0 Å². The Balaban J connectivity index is 1.94. The molecule has 0 unspecified atom stereocenters. The number of rotatable bonds is 14. The van der Waals surface area contributed by atoms with Crippen molar-refractivity contribution in [1.82, 2.24) is 0 Å². The van der Waals surface area contributed by atoms with Crippen LogP contribution in [0.1, 0.15) is 123 Å². The van der Waals surface area contributed by atoms with Crippen molar-refractivity contribution >= 4 is 0 Å². The van der Waals surface area contributed by atoms with E-state index in [2.05, 4.69) is 206 Å². The van der Waals surface area contributed by atoms with Gasteiger partial charge < -0.3 is 0 Å². The molecule has 2 rings (SSSR count). The zero-order valence-corrected chi connectivity index (χ0v) is 34.5. The minimum absolute atomic E-state index is 0.248. The Morgan fingerprint density at radius 1 is 0.520 bits per heavy atom. The van der Waals surface area contributed by atoms with Gasteiger partial charge in [0.15, 0.2) is 0 Å². The SMILES string of the molecule is CC(C)=CC[C@@H]1CC=C(C)[C@@H](/C=C/C(C)=C/C=C/C(C)=C/C=C/C=C(C)/C=C/C=C(C)/C=C/[C@H]2C(C)=CC[C@H](CC=C(C)C)C2(C)C)C1(C)C. The van der Waals surface area contributed by atoms with Crippen LogP contribution >= 0.6 is 0 Å². The van der Waals surface area contributed by atoms with Crippen LogP contribution in [0.4, 0.5) is 0 Å². The van der Waals surface area contributed by atoms with Gasteiger partial charge in [-0.25, -0.2) is 0 Å². The second-order valence-electron chi connectivity index (χ2n) is 16.9. The van der Waals surface area contributed by atoms with E-state index in [1.54, 1.807) is 0 Å². The standard InChI is InChI=1S/C50H72/c1-37(2)25-31-45-33-29-43(9)47(49(45,11)12)35-27-41(7)23-17-21-39(5)19-15-16-20-40(6)22-18-24-42(8)28-36-48-44(10)30-34-46(50(48,13)14)32-26-38(3)4/h15-30,35-36,45-48H,31-34H2,1-14H3/b16-15+,21-17+,22-18+,35-27+,36-28+,39-19+,40-20+,41-23+,42-24+/t45-,46+,47-,48+. The van der Waals surface area contributed by atoms with Gasteiger partial charge in [0.1, 0.15) is 0 Å². The molecule has 0 bridgehead atoms. The number of hydrogen-bond acceptors (Lipinski definition) is 0. The molecule has 0 radical (unpaired) electrons. The summed E-state index contributed by atoms with van der Waals surface area (Å²) in [6, 6.07) is 0. The summed E-state index contributed by atoms with van der Waals surface area (Å²) in [5.41, 5.74) is 11.3. The van der Waals surface area contributed by atoms with Crippen LogP contribution in [0.15, 0.2) is 154 Å². The molecule has 4 atom stereocenters. The van der Waals surface area contributed by atoms with Crippen molar-refractivity contribution in [2.75, 3.05) is 0 Å². The molecule has 0 spiro atoms. The summed E-state index contributed by atoms with van der Waals surface area (Å²) in [6.45, 7) is 31.9. The maximum absolute atomic E-state index is 2.47. The molecule has 2 aliphatic rings. The summed E-state index contributed by atoms with van der Waals surface area (Å²) in [4.78, 5) is 0. The Morgan fingerprint density at radius 3 is 1.18 bits per heavy atom. The molecule has 0 heterocycles. The van der Waals surface area contributed by atoms with Crippen LogP contribution in [0.5, 0.6) is 0 Å². The first-order valence-electron chi connectivity index (χ1n) is 19.1. The van der Waals surface area contributed by atoms with Gasteiger partial charge in [0.25, 0.3) is 0 Å². The third kappa shape index (κ3) is 14.1. The molecule has 0 aliphatic heterocycles. The molecule has 0 saturated carbocycles. The molecule has 0 heteroatoms. The van der Waals surface area contributed by atoms with Crippen molar-refractivity contribution in [3.05, 3.63) is 154 Å². The first kappa shape index (κ1) is 42.8. The van der Waals surface area contributed by atoms with E-state index >= 15 is 0 Å². The fourth-order valence-electron chi connectivity index (χ4n) is 7.39. The lowest BCUT2D eigenvalue weighted by atomic mass is 9.61. The van der Waals surface area contributed by atoms with Gasteiger partial charge in [0.2, 0.25) is 0 Å². The summed E-state index contributed by atoms with van der Waals surface area (Å²) in [5.74, 6) is 2.30. The average Bonchev–Trinajstić information content (AvgIpc) is 3.01. The highest BCUT2D eigenvalue weighted by molar-refractivity contribution is 5.33. The third-order valence-electron chi connectivity index (χ3n) is 11.1. The average molecular weight is 673 g/mol. The first-order valence-corrected chi connectivity index (χ1v) is 19.1. The maximum atomic E-state index is 2.47. The van der Waals surface area contributed by atoms with Crippen molar-refractivity contribution in [2.24, 2.45) is 34.5 Å². The van der Waals surface area contributed by atoms with Gasteiger partial charge in [-0.1, -0.05) is 182 Å². The third-order valence-corrected chi connectivity index (χ3v) is 11.1. The van der Waals surface area contributed by atoms with Gasteiger partial charge >= 0.3 is 0 Å². The summed E-state index contributed by atoms with van der Waals surface area (Å²) >= 11 is 0. The van der Waals surface area contributed by atoms with Crippen LogP contribution in [0.3, 0.4) is 0 Å². The molecule has 272 valence electrons. The zero-order valence-electron chi connectivity index (χ0n) is 34.5. The van der Waals surface area contributed by atoms with Gasteiger partial charge in [-0.3, -0.25) is 0 Å². The lowest BCUT2D eigenvalue weighted by molar-refractivity contribution is 0.154. The molecule has 0 amide bonds. The van der Waals surface area contributed by atoms with Gasteiger partial charge in [-0.05, 0) is 118 Å². The highest BCUT2D eigenvalue weighted by Crippen LogP contribution is 2.48. The highest BCUT2D eigenvalue weighted by Gasteiger charge is 2.39. The zero-order chi connectivity index (χ0) is 37.5. The van der Waals surface area contributed by atoms with Crippen molar-refractivity contribution in [3.8, 4) is 0 Å². The fourth-order valence-corrected chi connectivity index (χ4v) is 7.39. The van der Waals surface area contributed by atoms with Gasteiger partial charge in [0, 0.05) is 11.8 Å². The lowest BCUT2D eigenvalue weighted by Crippen LogP contribution is -2.35. The Kier molecular flexibility index (Phi) is 17.5. The molecule has 0 aromatic rings. The molecule has 0 aromatic heterocycles. The Morgan fingerprint density at radius 2 is 0.840 bits per heavy atom. The molecule has 0 saturated heterocycles. The predicted molar refractivity (Wildman–Crippen MR) is 227 cm³/mol. The molecule has 0 fully saturated rings. The molecule has 2 aliphatic carbocycles. The summed E-state index contributed by atoms with van der Waals surface area (Å²) in [5, 5.41) is 0. The number of allylic oxidation sites excluding steroid dienone is 26. The first-order chi connectivity index (χ1) is 23.4. The van der Waals surface area contributed by atoms with E-state index < -0.39 is 0 Å². The van der Waals surface area contributed by atoms with Crippen LogP contribution in [0.25, 0.3) is 0 Å². The van der Waals surface area contributed by atoms with Gasteiger partial charge in [-0.15, -0.1) is 0 Å². The molecule has 0 nitrogen and oxygen atoms in total. The molecular formula is C50H72. The fraction of sp³-hybridized carbons (Fsp3) is 0.480. The van der Waals surface area contributed by atoms with Crippen LogP contribution in [-0.4, -0.2) is 0 Å². The van der Waals surface area contributed by atoms with E-state index in [-0.39, 0.29) is 10.8 Å². The topological polar surface area (TPSA) is 0 Å². The minimum atomic E-state index is 0.248. The highest BCUT2D eigenvalue weighted by atomic mass is 14.4. The normalized spacial score (nSPS) is 25.2. The summed E-state index contributed by atoms with van der Waals surface area (Å²) < 4.78 is 0. The Labute approximate surface area is 310 Å². The summed E-state index contributed by atoms with van der Waals surface area (Å²) in [7, 11) is 0. The number of hydrogen-bond donors (Lipinski definition) is 0. The van der Waals surface area contributed by atoms with Crippen LogP contribution in [0, 0.1) is 34.5 Å². The quantitative estimate of drug-likeness (QED) is 0.127. The monoisotopic (exact) mass is 673 g/mol. The second-order valence-corrected chi connectivity index (χ2v) is 16.9. The Bertz CT molecular complexity index is 1410. The predicted octanol–water partition coefficient (Wildman–Crippen LogP) is 15.5. The summed E-state index contributed by atoms with van der Waals surface area (Å²) in [6.07, 6.45) is 45.6. The van der Waals surface area contributed by atoms with Crippen molar-refractivity contribution in [3.63, 3.8) is 0 Å². The largest absolute Gasteiger partial charge is 0.0856 e. The van der Waals surface area contributed by atoms with Crippen LogP contribution < -0.4 is 0 Å².